The summed E-state index contributed by atoms with van der Waals surface area (Å²) in [5.41, 5.74) is 0. The molecule has 0 aromatic rings. The van der Waals surface area contributed by atoms with E-state index in [-0.39, 0.29) is 87.2 Å². The van der Waals surface area contributed by atoms with Crippen molar-refractivity contribution in [2.24, 2.45) is 0 Å². The molecule has 0 aliphatic heterocycles. The second-order valence-corrected chi connectivity index (χ2v) is 0. The Morgan fingerprint density at radius 3 is 1.00 bits per heavy atom. The third kappa shape index (κ3) is 20.4. The van der Waals surface area contributed by atoms with Gasteiger partial charge >= 0.3 is 0 Å². The quantitative estimate of drug-likeness (QED) is 0.552. The molecule has 0 aromatic heterocycles. The van der Waals surface area contributed by atoms with Crippen molar-refractivity contribution in [1.29, 1.82) is 0 Å². The molecule has 0 fully saturated rings. The summed E-state index contributed by atoms with van der Waals surface area (Å²) >= 11 is 0. The van der Waals surface area contributed by atoms with Gasteiger partial charge in [0.1, 0.15) is 0 Å². The third-order valence-corrected chi connectivity index (χ3v) is 0. The summed E-state index contributed by atoms with van der Waals surface area (Å²) in [6.45, 7) is 0. The fraction of sp³-hybridized carbons (Fsp3) is 0. The Kier molecular flexibility index (Phi) is 287. The minimum atomic E-state index is 0. The first-order valence-corrected chi connectivity index (χ1v) is 0. The monoisotopic (exact) mass is 296 g/mol. The van der Waals surface area contributed by atoms with Gasteiger partial charge in [-0.3, -0.25) is 0 Å². The van der Waals surface area contributed by atoms with E-state index in [1.165, 1.54) is 0 Å². The molecule has 0 spiro atoms. The average Bonchev–Trinajstić information content (AvgIpc) is 0. The van der Waals surface area contributed by atoms with E-state index in [4.69, 9.17) is 0 Å². The van der Waals surface area contributed by atoms with Crippen molar-refractivity contribution >= 4 is 0 Å². The van der Waals surface area contributed by atoms with Crippen molar-refractivity contribution in [2.45, 2.75) is 0 Å². The zero-order valence-electron chi connectivity index (χ0n) is 2.06. The first-order valence-electron chi connectivity index (χ1n) is 0. The molecule has 0 saturated carbocycles. The SMILES string of the molecule is [Cu].[Fe].[Mn].[Ni].[Zn]. The van der Waals surface area contributed by atoms with Crippen LogP contribution in [0.15, 0.2) is 0 Å². The molecule has 0 rings (SSSR count). The van der Waals surface area contributed by atoms with Crippen LogP contribution in [-0.4, -0.2) is 0 Å². The van der Waals surface area contributed by atoms with Gasteiger partial charge in [-0.15, -0.1) is 0 Å². The molecule has 0 aliphatic carbocycles. The van der Waals surface area contributed by atoms with E-state index >= 15 is 0 Å². The molecule has 0 N–H and O–H groups in total. The van der Waals surface area contributed by atoms with E-state index in [2.05, 4.69) is 0 Å². The van der Waals surface area contributed by atoms with E-state index in [1.807, 2.05) is 0 Å². The molecule has 0 heterocycles. The van der Waals surface area contributed by atoms with Gasteiger partial charge in [0.25, 0.3) is 0 Å². The first-order chi connectivity index (χ1) is 0. The van der Waals surface area contributed by atoms with E-state index in [9.17, 15) is 0 Å². The van der Waals surface area contributed by atoms with Crippen molar-refractivity contribution in [3.05, 3.63) is 0 Å². The molecule has 0 unspecified atom stereocenters. The van der Waals surface area contributed by atoms with Gasteiger partial charge in [0, 0.05) is 87.2 Å². The molecular formula is CuFeMnNiZn. The van der Waals surface area contributed by atoms with Crippen molar-refractivity contribution < 1.29 is 87.2 Å². The normalized spacial score (nSPS) is 0. The number of rotatable bonds is 0. The van der Waals surface area contributed by atoms with Gasteiger partial charge in [-0.05, 0) is 0 Å². The topological polar surface area (TPSA) is 0 Å². The molecule has 2 radical (unpaired) electrons. The molecule has 0 saturated heterocycles. The summed E-state index contributed by atoms with van der Waals surface area (Å²) in [6, 6.07) is 0. The molecule has 0 aliphatic rings. The molecule has 0 aromatic carbocycles. The Bertz CT molecular complexity index is 11.6. The molecule has 38 valence electrons. The van der Waals surface area contributed by atoms with Crippen LogP contribution in [0, 0.1) is 0 Å². The minimum absolute atomic E-state index is 0. The minimum Gasteiger partial charge on any atom is 0 e. The van der Waals surface area contributed by atoms with Crippen LogP contribution < -0.4 is 0 Å². The maximum Gasteiger partial charge on any atom is 0 e. The Labute approximate surface area is 86.1 Å². The van der Waals surface area contributed by atoms with Crippen molar-refractivity contribution in [3.63, 3.8) is 0 Å². The largest absolute Gasteiger partial charge is 0 e. The predicted octanol–water partition coefficient (Wildman–Crippen LogP) is -0.0125. The maximum atomic E-state index is 0. The zero-order valence-corrected chi connectivity index (χ0v) is 9.24. The summed E-state index contributed by atoms with van der Waals surface area (Å²) in [6.07, 6.45) is 0. The summed E-state index contributed by atoms with van der Waals surface area (Å²) in [5.74, 6) is 0. The molecular weight excluding hydrogens is 298 g/mol. The van der Waals surface area contributed by atoms with Crippen molar-refractivity contribution in [2.75, 3.05) is 0 Å². The number of hydrogen-bond donors (Lipinski definition) is 0. The van der Waals surface area contributed by atoms with Crippen LogP contribution in [0.25, 0.3) is 0 Å². The van der Waals surface area contributed by atoms with E-state index in [1.54, 1.807) is 0 Å². The van der Waals surface area contributed by atoms with Gasteiger partial charge in [0.15, 0.2) is 0 Å². The zero-order chi connectivity index (χ0) is 0. The van der Waals surface area contributed by atoms with E-state index in [0.29, 0.717) is 0 Å². The van der Waals surface area contributed by atoms with Gasteiger partial charge < -0.3 is 0 Å². The summed E-state index contributed by atoms with van der Waals surface area (Å²) in [7, 11) is 0. The fourth-order valence-electron chi connectivity index (χ4n) is 0. The summed E-state index contributed by atoms with van der Waals surface area (Å²) in [4.78, 5) is 0. The van der Waals surface area contributed by atoms with Gasteiger partial charge in [-0.1, -0.05) is 0 Å². The summed E-state index contributed by atoms with van der Waals surface area (Å²) in [5, 5.41) is 0. The van der Waals surface area contributed by atoms with E-state index in [0.717, 1.165) is 0 Å². The van der Waals surface area contributed by atoms with Gasteiger partial charge in [0.2, 0.25) is 0 Å². The molecule has 5 heavy (non-hydrogen) atoms. The standard InChI is InChI=1S/Cu.Fe.Mn.Ni.Zn. The first kappa shape index (κ1) is 47.8. The fourth-order valence-corrected chi connectivity index (χ4v) is 0. The van der Waals surface area contributed by atoms with Crippen LogP contribution in [0.3, 0.4) is 0 Å². The van der Waals surface area contributed by atoms with Crippen LogP contribution in [-0.2, 0) is 87.2 Å². The Balaban J connectivity index is 0. The second kappa shape index (κ2) is 30.0. The van der Waals surface area contributed by atoms with Crippen molar-refractivity contribution in [3.8, 4) is 0 Å². The van der Waals surface area contributed by atoms with Gasteiger partial charge in [-0.25, -0.2) is 0 Å². The molecule has 0 amide bonds. The van der Waals surface area contributed by atoms with Crippen LogP contribution >= 0.6 is 0 Å². The van der Waals surface area contributed by atoms with Crippen LogP contribution in [0.1, 0.15) is 0 Å². The molecule has 0 nitrogen and oxygen atoms in total. The number of hydrogen-bond acceptors (Lipinski definition) is 0. The maximum absolute atomic E-state index is 0. The van der Waals surface area contributed by atoms with Crippen LogP contribution in [0.5, 0.6) is 0 Å². The van der Waals surface area contributed by atoms with Crippen LogP contribution in [0.2, 0.25) is 0 Å². The Morgan fingerprint density at radius 2 is 1.00 bits per heavy atom. The van der Waals surface area contributed by atoms with Gasteiger partial charge in [0.05, 0.1) is 0 Å². The predicted molar refractivity (Wildman–Crippen MR) is 0 cm³/mol. The third-order valence-electron chi connectivity index (χ3n) is 0. The summed E-state index contributed by atoms with van der Waals surface area (Å²) < 4.78 is 0. The van der Waals surface area contributed by atoms with E-state index < -0.39 is 0 Å². The van der Waals surface area contributed by atoms with Crippen LogP contribution in [0.4, 0.5) is 0 Å². The molecule has 0 bridgehead atoms. The smallest absolute Gasteiger partial charge is 0 e. The second-order valence-electron chi connectivity index (χ2n) is 0. The average molecular weight is 298 g/mol. The molecule has 5 heteroatoms. The van der Waals surface area contributed by atoms with Crippen molar-refractivity contribution in [1.82, 2.24) is 0 Å². The van der Waals surface area contributed by atoms with Gasteiger partial charge in [-0.2, -0.15) is 0 Å². The Hall–Kier alpha value is 2.68. The molecule has 0 atom stereocenters. The Morgan fingerprint density at radius 1 is 1.00 bits per heavy atom.